The maximum absolute atomic E-state index is 13.3. The van der Waals surface area contributed by atoms with Gasteiger partial charge in [-0.3, -0.25) is 14.6 Å². The molecule has 36 heavy (non-hydrogen) atoms. The summed E-state index contributed by atoms with van der Waals surface area (Å²) in [6.07, 6.45) is 9.26. The summed E-state index contributed by atoms with van der Waals surface area (Å²) in [5, 5.41) is 7.67. The van der Waals surface area contributed by atoms with Crippen molar-refractivity contribution in [1.29, 1.82) is 0 Å². The highest BCUT2D eigenvalue weighted by Gasteiger charge is 2.26. The number of aryl methyl sites for hydroxylation is 1. The molecule has 6 nitrogen and oxygen atoms in total. The molecule has 0 spiro atoms. The number of nitrogens with zero attached hydrogens (tertiary/aromatic N) is 1. The van der Waals surface area contributed by atoms with E-state index in [1.165, 1.54) is 21.8 Å². The molecular formula is C29H31N3O3S. The lowest BCUT2D eigenvalue weighted by Crippen LogP contribution is -2.25. The molecule has 0 aliphatic heterocycles. The largest absolute Gasteiger partial charge is 0.464 e. The molecule has 3 aromatic heterocycles. The SMILES string of the molecule is CC(C)(C)c1ccc2occ(CC(=O)Nc3sc4c(c3C(=O)NCc3cccnc3)CCCC4)c2c1. The van der Waals surface area contributed by atoms with Crippen LogP contribution >= 0.6 is 11.3 Å². The number of furan rings is 1. The number of carbonyl (C=O) groups excluding carboxylic acids is 2. The fourth-order valence-corrected chi connectivity index (χ4v) is 6.00. The van der Waals surface area contributed by atoms with Crippen LogP contribution in [0.25, 0.3) is 11.0 Å². The summed E-state index contributed by atoms with van der Waals surface area (Å²) in [5.41, 5.74) is 5.43. The minimum absolute atomic E-state index is 0.000889. The van der Waals surface area contributed by atoms with Gasteiger partial charge in [-0.15, -0.1) is 11.3 Å². The molecule has 5 rings (SSSR count). The normalized spacial score (nSPS) is 13.4. The molecule has 186 valence electrons. The topological polar surface area (TPSA) is 84.2 Å². The van der Waals surface area contributed by atoms with Gasteiger partial charge in [0.05, 0.1) is 18.2 Å². The van der Waals surface area contributed by atoms with Crippen molar-refractivity contribution < 1.29 is 14.0 Å². The lowest BCUT2D eigenvalue weighted by molar-refractivity contribution is -0.115. The maximum Gasteiger partial charge on any atom is 0.254 e. The first-order valence-corrected chi connectivity index (χ1v) is 13.2. The Labute approximate surface area is 215 Å². The van der Waals surface area contributed by atoms with E-state index in [2.05, 4.69) is 48.5 Å². The lowest BCUT2D eigenvalue weighted by Gasteiger charge is -2.18. The van der Waals surface area contributed by atoms with Crippen molar-refractivity contribution in [2.24, 2.45) is 0 Å². The van der Waals surface area contributed by atoms with Crippen LogP contribution in [0.1, 0.15) is 71.1 Å². The number of benzene rings is 1. The van der Waals surface area contributed by atoms with Crippen molar-refractivity contribution >= 4 is 39.1 Å². The van der Waals surface area contributed by atoms with Gasteiger partial charge in [0.25, 0.3) is 5.91 Å². The first-order chi connectivity index (χ1) is 17.3. The molecule has 0 saturated carbocycles. The summed E-state index contributed by atoms with van der Waals surface area (Å²) < 4.78 is 5.72. The number of hydrogen-bond acceptors (Lipinski definition) is 5. The Kier molecular flexibility index (Phi) is 6.67. The molecule has 3 heterocycles. The molecule has 1 aromatic carbocycles. The van der Waals surface area contributed by atoms with Crippen LogP contribution < -0.4 is 10.6 Å². The number of hydrogen-bond donors (Lipinski definition) is 2. The molecule has 2 amide bonds. The number of nitrogens with one attached hydrogen (secondary N) is 2. The molecule has 0 bridgehead atoms. The maximum atomic E-state index is 13.3. The highest BCUT2D eigenvalue weighted by atomic mass is 32.1. The van der Waals surface area contributed by atoms with Crippen molar-refractivity contribution in [3.63, 3.8) is 0 Å². The van der Waals surface area contributed by atoms with Gasteiger partial charge in [0.2, 0.25) is 5.91 Å². The summed E-state index contributed by atoms with van der Waals surface area (Å²) in [4.78, 5) is 31.8. The Bertz CT molecular complexity index is 1410. The van der Waals surface area contributed by atoms with Gasteiger partial charge in [0.1, 0.15) is 10.6 Å². The number of pyridine rings is 1. The van der Waals surface area contributed by atoms with Crippen LogP contribution in [-0.2, 0) is 36.0 Å². The minimum atomic E-state index is -0.155. The van der Waals surface area contributed by atoms with Gasteiger partial charge < -0.3 is 15.1 Å². The summed E-state index contributed by atoms with van der Waals surface area (Å²) in [6.45, 7) is 6.89. The van der Waals surface area contributed by atoms with Crippen LogP contribution in [-0.4, -0.2) is 16.8 Å². The average molecular weight is 502 g/mol. The monoisotopic (exact) mass is 501 g/mol. The zero-order chi connectivity index (χ0) is 25.3. The van der Waals surface area contributed by atoms with Crippen molar-refractivity contribution in [2.75, 3.05) is 5.32 Å². The van der Waals surface area contributed by atoms with Crippen LogP contribution in [0, 0.1) is 0 Å². The fraction of sp³-hybridized carbons (Fsp3) is 0.345. The Morgan fingerprint density at radius 2 is 1.97 bits per heavy atom. The van der Waals surface area contributed by atoms with E-state index in [4.69, 9.17) is 4.42 Å². The highest BCUT2D eigenvalue weighted by Crippen LogP contribution is 2.38. The number of fused-ring (bicyclic) bond motifs is 2. The van der Waals surface area contributed by atoms with E-state index in [1.54, 1.807) is 18.7 Å². The van der Waals surface area contributed by atoms with Crippen LogP contribution in [0.3, 0.4) is 0 Å². The molecule has 0 unspecified atom stereocenters. The van der Waals surface area contributed by atoms with E-state index in [9.17, 15) is 9.59 Å². The van der Waals surface area contributed by atoms with Crippen molar-refractivity contribution in [2.45, 2.75) is 64.8 Å². The van der Waals surface area contributed by atoms with E-state index in [0.29, 0.717) is 17.1 Å². The lowest BCUT2D eigenvalue weighted by atomic mass is 9.86. The highest BCUT2D eigenvalue weighted by molar-refractivity contribution is 7.17. The molecule has 7 heteroatoms. The van der Waals surface area contributed by atoms with Gasteiger partial charge in [0, 0.05) is 34.8 Å². The molecular weight excluding hydrogens is 470 g/mol. The van der Waals surface area contributed by atoms with Crippen LogP contribution in [0.2, 0.25) is 0 Å². The van der Waals surface area contributed by atoms with Crippen LogP contribution in [0.15, 0.2) is 53.4 Å². The van der Waals surface area contributed by atoms with Gasteiger partial charge in [-0.25, -0.2) is 0 Å². The number of thiophene rings is 1. The summed E-state index contributed by atoms with van der Waals surface area (Å²) >= 11 is 1.53. The second-order valence-electron chi connectivity index (χ2n) is 10.4. The number of amides is 2. The molecule has 0 fully saturated rings. The number of anilines is 1. The van der Waals surface area contributed by atoms with Crippen molar-refractivity contribution in [3.8, 4) is 0 Å². The van der Waals surface area contributed by atoms with Gasteiger partial charge in [-0.2, -0.15) is 0 Å². The summed E-state index contributed by atoms with van der Waals surface area (Å²) in [7, 11) is 0. The Balaban J connectivity index is 1.37. The number of rotatable bonds is 6. The van der Waals surface area contributed by atoms with Crippen molar-refractivity contribution in [1.82, 2.24) is 10.3 Å². The molecule has 1 aliphatic rings. The van der Waals surface area contributed by atoms with Gasteiger partial charge >= 0.3 is 0 Å². The molecule has 0 atom stereocenters. The second-order valence-corrected chi connectivity index (χ2v) is 11.5. The Morgan fingerprint density at radius 3 is 2.75 bits per heavy atom. The Hall–Kier alpha value is -3.45. The molecule has 1 aliphatic carbocycles. The Morgan fingerprint density at radius 1 is 1.14 bits per heavy atom. The summed E-state index contributed by atoms with van der Waals surface area (Å²) in [6, 6.07) is 9.93. The smallest absolute Gasteiger partial charge is 0.254 e. The summed E-state index contributed by atoms with van der Waals surface area (Å²) in [5.74, 6) is -0.309. The minimum Gasteiger partial charge on any atom is -0.464 e. The van der Waals surface area contributed by atoms with E-state index in [1.807, 2.05) is 18.2 Å². The third-order valence-corrected chi connectivity index (χ3v) is 7.91. The predicted molar refractivity (Wildman–Crippen MR) is 144 cm³/mol. The van der Waals surface area contributed by atoms with E-state index < -0.39 is 0 Å². The first kappa shape index (κ1) is 24.3. The molecule has 4 aromatic rings. The fourth-order valence-electron chi connectivity index (χ4n) is 4.70. The third kappa shape index (κ3) is 5.07. The molecule has 0 radical (unpaired) electrons. The van der Waals surface area contributed by atoms with Crippen LogP contribution in [0.5, 0.6) is 0 Å². The third-order valence-electron chi connectivity index (χ3n) is 6.70. The van der Waals surface area contributed by atoms with Crippen molar-refractivity contribution in [3.05, 3.63) is 81.7 Å². The second kappa shape index (κ2) is 9.90. The van der Waals surface area contributed by atoms with Crippen LogP contribution in [0.4, 0.5) is 5.00 Å². The standard InChI is InChI=1S/C29H31N3O3S/c1-29(2,3)20-10-11-23-22(14-20)19(17-35-23)13-25(33)32-28-26(21-8-4-5-9-24(21)36-28)27(34)31-16-18-7-6-12-30-15-18/h6-7,10-12,14-15,17H,4-5,8-9,13,16H2,1-3H3,(H,31,34)(H,32,33). The molecule has 2 N–H and O–H groups in total. The zero-order valence-corrected chi connectivity index (χ0v) is 21.8. The predicted octanol–water partition coefficient (Wildman–Crippen LogP) is 6.18. The average Bonchev–Trinajstić information content (AvgIpc) is 3.43. The van der Waals surface area contributed by atoms with Gasteiger partial charge in [0.15, 0.2) is 0 Å². The van der Waals surface area contributed by atoms with Gasteiger partial charge in [-0.1, -0.05) is 32.9 Å². The van der Waals surface area contributed by atoms with E-state index in [-0.39, 0.29) is 23.7 Å². The number of aromatic nitrogens is 1. The van der Waals surface area contributed by atoms with E-state index >= 15 is 0 Å². The quantitative estimate of drug-likeness (QED) is 0.331. The molecule has 0 saturated heterocycles. The van der Waals surface area contributed by atoms with E-state index in [0.717, 1.165) is 53.3 Å². The number of carbonyl (C=O) groups is 2. The zero-order valence-electron chi connectivity index (χ0n) is 20.9. The van der Waals surface area contributed by atoms with Gasteiger partial charge in [-0.05, 0) is 66.0 Å². The first-order valence-electron chi connectivity index (χ1n) is 12.4.